The summed E-state index contributed by atoms with van der Waals surface area (Å²) in [5, 5.41) is 59.8. The first kappa shape index (κ1) is 62.7. The summed E-state index contributed by atoms with van der Waals surface area (Å²) in [4.78, 5) is 13.6. The fraction of sp³-hybridized carbons (Fsp3) is 0.551. The largest absolute Gasteiger partial charge is 0.508 e. The van der Waals surface area contributed by atoms with Crippen molar-refractivity contribution in [2.24, 2.45) is 41.2 Å². The standard InChI is InChI=1S/C78H90N4O10S2/c1-44(85)89-40-60-54-16-17-56-67-48(31-53(86)33-64(67)90-43-84)35-76-29-24-47(34-76)70-55-19-23-66(79)82-62(55)21-15-46-14-20-61(77(25-6-7-26-77)50-11-9-12-51(32-50)78(70)27-4-3-5-28-78)59(39-88-2)49(38-83)36-80-37-58-68(46)69(73(60)92-74(54)71(56)76)57-18-22-63-65(91-75(57)72(58)87)42-94-93-41-45-10-8-13-52(30-45)81-63/h9,11-12,16-19,22-23,31-33,45-47,49,52,59-61,63,65-66,70,73,80-84,86-87H,3-8,10,13,24-30,34-43,79H2,1-2H3. The summed E-state index contributed by atoms with van der Waals surface area (Å²) >= 11 is 0. The zero-order valence-corrected chi connectivity index (χ0v) is 55.9. The Balaban J connectivity index is 1.05. The number of phenols is 2. The molecular formula is C78H90N4O10S2. The molecule has 4 aromatic carbocycles. The van der Waals surface area contributed by atoms with Crippen molar-refractivity contribution in [2.75, 3.05) is 51.8 Å². The molecule has 14 nitrogen and oxygen atoms in total. The van der Waals surface area contributed by atoms with Gasteiger partial charge in [-0.3, -0.25) is 4.79 Å². The summed E-state index contributed by atoms with van der Waals surface area (Å²) in [6, 6.07) is 17.7. The highest BCUT2D eigenvalue weighted by atomic mass is 33.1. The van der Waals surface area contributed by atoms with E-state index < -0.39 is 47.7 Å². The molecule has 0 amide bonds. The van der Waals surface area contributed by atoms with Crippen molar-refractivity contribution < 1.29 is 48.9 Å². The minimum absolute atomic E-state index is 0.00531. The number of aliphatic hydroxyl groups excluding tert-OH is 2. The Hall–Kier alpha value is -6.05. The monoisotopic (exact) mass is 1310 g/mol. The number of fused-ring (bicyclic) bond motifs is 18. The maximum absolute atomic E-state index is 13.9. The van der Waals surface area contributed by atoms with Gasteiger partial charge >= 0.3 is 5.97 Å². The molecule has 5 fully saturated rings. The van der Waals surface area contributed by atoms with Crippen molar-refractivity contribution in [3.05, 3.63) is 128 Å². The quantitative estimate of drug-likeness (QED) is 0.0375. The van der Waals surface area contributed by atoms with E-state index in [0.717, 1.165) is 152 Å². The molecule has 494 valence electrons. The van der Waals surface area contributed by atoms with Crippen LogP contribution < -0.4 is 35.9 Å². The van der Waals surface area contributed by atoms with E-state index in [4.69, 9.17) is 29.4 Å². The predicted molar refractivity (Wildman–Crippen MR) is 367 cm³/mol. The number of hydrogen-bond acceptors (Lipinski definition) is 16. The average Bonchev–Trinajstić information content (AvgIpc) is 1.47. The topological polar surface area (TPSA) is 206 Å². The Kier molecular flexibility index (Phi) is 17.0. The van der Waals surface area contributed by atoms with Crippen LogP contribution in [0, 0.1) is 59.2 Å². The van der Waals surface area contributed by atoms with Gasteiger partial charge in [-0.1, -0.05) is 133 Å². The molecule has 9 N–H and O–H groups in total. The number of methoxy groups -OCH3 is 1. The molecule has 14 atom stereocenters. The summed E-state index contributed by atoms with van der Waals surface area (Å²) in [5.41, 5.74) is 17.7. The third-order valence-corrected chi connectivity index (χ3v) is 27.2. The number of hydrogen-bond donors (Lipinski definition) is 8. The van der Waals surface area contributed by atoms with Gasteiger partial charge in [0.15, 0.2) is 18.3 Å². The molecule has 94 heavy (non-hydrogen) atoms. The van der Waals surface area contributed by atoms with E-state index >= 15 is 0 Å². The lowest BCUT2D eigenvalue weighted by Gasteiger charge is -2.50. The number of aliphatic hydroxyl groups is 2. The van der Waals surface area contributed by atoms with Gasteiger partial charge in [0.1, 0.15) is 42.0 Å². The summed E-state index contributed by atoms with van der Waals surface area (Å²) in [6.07, 6.45) is 23.9. The van der Waals surface area contributed by atoms with Crippen LogP contribution >= 0.6 is 21.6 Å². The number of dihydropyridines is 1. The van der Waals surface area contributed by atoms with Crippen LogP contribution in [0.1, 0.15) is 178 Å². The number of aromatic hydroxyl groups is 2. The van der Waals surface area contributed by atoms with Gasteiger partial charge in [0.2, 0.25) is 0 Å². The van der Waals surface area contributed by atoms with Gasteiger partial charge in [0.05, 0.1) is 30.4 Å². The molecule has 6 aliphatic carbocycles. The Morgan fingerprint density at radius 1 is 0.851 bits per heavy atom. The lowest BCUT2D eigenvalue weighted by molar-refractivity contribution is -0.141. The van der Waals surface area contributed by atoms with E-state index in [-0.39, 0.29) is 78.4 Å². The lowest BCUT2D eigenvalue weighted by Crippen LogP contribution is -2.49. The predicted octanol–water partition coefficient (Wildman–Crippen LogP) is 11.9. The fourth-order valence-electron chi connectivity index (χ4n) is 20.7. The smallest absolute Gasteiger partial charge is 0.302 e. The molecular weight excluding hydrogens is 1220 g/mol. The van der Waals surface area contributed by atoms with Gasteiger partial charge in [-0.05, 0) is 140 Å². The van der Waals surface area contributed by atoms with Crippen molar-refractivity contribution in [1.29, 1.82) is 0 Å². The molecule has 6 aliphatic heterocycles. The molecule has 14 unspecified atom stereocenters. The SMILES string of the molecule is COCC1C(CO)CNCc2c(O)c3c(c4c2C2C#CC5=C(C=CC(N)N5)C(C5CCC6(Cc7cc(O)cc(OCO)c7-c7ccc8c(c76)OC4C8COC(C)=O)C5)C4(CCCCC4)c4cccc(c4)C4(CCCC4)C1C#C2)C=CC1NC2CCCC(CSSCC1O3)C2. The van der Waals surface area contributed by atoms with Gasteiger partial charge in [0, 0.05) is 125 Å². The normalized spacial score (nSPS) is 32.7. The van der Waals surface area contributed by atoms with E-state index in [1.54, 1.807) is 13.2 Å². The number of nitrogens with one attached hydrogen (secondary N) is 3. The van der Waals surface area contributed by atoms with Crippen LogP contribution in [0.4, 0.5) is 0 Å². The van der Waals surface area contributed by atoms with Crippen LogP contribution in [-0.2, 0) is 43.5 Å². The molecule has 4 aromatic rings. The van der Waals surface area contributed by atoms with Gasteiger partial charge in [-0.25, -0.2) is 0 Å². The number of rotatable bonds is 7. The van der Waals surface area contributed by atoms with E-state index in [0.29, 0.717) is 65.5 Å². The Morgan fingerprint density at radius 2 is 1.67 bits per heavy atom. The van der Waals surface area contributed by atoms with Gasteiger partial charge in [-0.2, -0.15) is 0 Å². The van der Waals surface area contributed by atoms with Crippen LogP contribution in [-0.4, -0.2) is 103 Å². The number of carbonyl (C=O) groups is 1. The highest BCUT2D eigenvalue weighted by Crippen LogP contribution is 2.67. The number of carbonyl (C=O) groups excluding carboxylic acids is 1. The van der Waals surface area contributed by atoms with Crippen LogP contribution in [0.2, 0.25) is 0 Å². The van der Waals surface area contributed by atoms with E-state index in [2.05, 4.69) is 100 Å². The first-order valence-electron chi connectivity index (χ1n) is 35.1. The fourth-order valence-corrected chi connectivity index (χ4v) is 23.3. The lowest BCUT2D eigenvalue weighted by atomic mass is 9.54. The molecule has 16 rings (SSSR count). The highest BCUT2D eigenvalue weighted by molar-refractivity contribution is 8.76. The second-order valence-corrected chi connectivity index (χ2v) is 32.2. The Morgan fingerprint density at radius 3 is 2.49 bits per heavy atom. The van der Waals surface area contributed by atoms with Gasteiger partial charge < -0.3 is 65.8 Å². The molecule has 12 aliphatic rings. The number of ether oxygens (including phenoxy) is 5. The van der Waals surface area contributed by atoms with Crippen LogP contribution in [0.15, 0.2) is 78.0 Å². The molecule has 16 heteroatoms. The molecule has 6 heterocycles. The zero-order chi connectivity index (χ0) is 64.0. The molecule has 1 saturated heterocycles. The summed E-state index contributed by atoms with van der Waals surface area (Å²) < 4.78 is 34.6. The maximum atomic E-state index is 13.9. The summed E-state index contributed by atoms with van der Waals surface area (Å²) in [7, 11) is 5.53. The van der Waals surface area contributed by atoms with Crippen LogP contribution in [0.25, 0.3) is 17.2 Å². The van der Waals surface area contributed by atoms with Crippen molar-refractivity contribution in [1.82, 2.24) is 16.0 Å². The first-order chi connectivity index (χ1) is 45.9. The molecule has 3 spiro atoms. The van der Waals surface area contributed by atoms with Gasteiger partial charge in [-0.15, -0.1) is 0 Å². The third kappa shape index (κ3) is 10.6. The van der Waals surface area contributed by atoms with Crippen molar-refractivity contribution in [3.8, 4) is 63.6 Å². The molecule has 0 aromatic heterocycles. The average molecular weight is 1310 g/mol. The number of phenolic OH excluding ortho intramolecular Hbond substituents is 2. The number of nitrogens with two attached hydrogens (primary N) is 1. The first-order valence-corrected chi connectivity index (χ1v) is 37.6. The summed E-state index contributed by atoms with van der Waals surface area (Å²) in [5.74, 6) is 17.4. The Bertz CT molecular complexity index is 3880. The maximum Gasteiger partial charge on any atom is 0.302 e. The van der Waals surface area contributed by atoms with Crippen molar-refractivity contribution in [2.45, 2.75) is 181 Å². The second kappa shape index (κ2) is 25.4. The Labute approximate surface area is 561 Å². The second-order valence-electron chi connectivity index (χ2n) is 29.6. The zero-order valence-electron chi connectivity index (χ0n) is 54.2. The minimum Gasteiger partial charge on any atom is -0.508 e. The van der Waals surface area contributed by atoms with E-state index in [1.807, 2.05) is 27.7 Å². The van der Waals surface area contributed by atoms with Gasteiger partial charge in [0.25, 0.3) is 0 Å². The van der Waals surface area contributed by atoms with Crippen LogP contribution in [0.3, 0.4) is 0 Å². The molecule has 0 radical (unpaired) electrons. The van der Waals surface area contributed by atoms with Crippen LogP contribution in [0.5, 0.6) is 28.7 Å². The highest BCUT2D eigenvalue weighted by Gasteiger charge is 2.58. The van der Waals surface area contributed by atoms with E-state index in [9.17, 15) is 25.2 Å². The summed E-state index contributed by atoms with van der Waals surface area (Å²) in [6.45, 7) is 1.70. The minimum atomic E-state index is -0.880. The number of allylic oxidation sites excluding steroid dienone is 3. The van der Waals surface area contributed by atoms with E-state index in [1.165, 1.54) is 24.5 Å². The molecule has 11 bridgehead atoms. The number of esters is 1. The van der Waals surface area contributed by atoms with Crippen molar-refractivity contribution >= 4 is 33.6 Å². The molecule has 4 saturated carbocycles. The number of benzene rings is 4. The third-order valence-electron chi connectivity index (χ3n) is 24.6. The van der Waals surface area contributed by atoms with Crippen molar-refractivity contribution in [3.63, 3.8) is 0 Å².